The predicted octanol–water partition coefficient (Wildman–Crippen LogP) is 1.08. The number of halogens is 2. The van der Waals surface area contributed by atoms with Gasteiger partial charge in [-0.25, -0.2) is 13.6 Å². The molecule has 2 saturated carbocycles. The second-order valence-corrected chi connectivity index (χ2v) is 15.5. The van der Waals surface area contributed by atoms with Gasteiger partial charge in [-0.05, 0) is 44.1 Å². The van der Waals surface area contributed by atoms with Gasteiger partial charge in [-0.15, -0.1) is 11.8 Å². The first-order valence-corrected chi connectivity index (χ1v) is 17.9. The van der Waals surface area contributed by atoms with Crippen LogP contribution in [0.2, 0.25) is 0 Å². The van der Waals surface area contributed by atoms with Gasteiger partial charge in [0.2, 0.25) is 11.8 Å². The fraction of sp³-hybridized carbons (Fsp3) is 0.839. The fourth-order valence-corrected chi connectivity index (χ4v) is 10.6. The van der Waals surface area contributed by atoms with E-state index in [4.69, 9.17) is 0 Å². The number of thioether (sulfide) groups is 1. The van der Waals surface area contributed by atoms with Crippen LogP contribution in [0.1, 0.15) is 52.4 Å². The Hall–Kier alpha value is -2.00. The third kappa shape index (κ3) is 5.66. The number of hydrogen-bond acceptors (Lipinski definition) is 8. The number of carbonyl (C=O) groups is 3. The zero-order valence-electron chi connectivity index (χ0n) is 26.2. The number of nitrogens with one attached hydrogen (secondary N) is 5. The number of piperidine rings is 1. The Kier molecular flexibility index (Phi) is 8.81. The largest absolute Gasteiger partial charge is 0.353 e. The Balaban J connectivity index is 1.26. The molecule has 11 nitrogen and oxygen atoms in total. The molecule has 0 aromatic carbocycles. The van der Waals surface area contributed by atoms with Crippen molar-refractivity contribution in [1.29, 1.82) is 0 Å². The lowest BCUT2D eigenvalue weighted by molar-refractivity contribution is -0.130. The molecule has 45 heavy (non-hydrogen) atoms. The van der Waals surface area contributed by atoms with Crippen LogP contribution in [-0.2, 0) is 9.59 Å². The van der Waals surface area contributed by atoms with E-state index in [1.807, 2.05) is 9.80 Å². The van der Waals surface area contributed by atoms with Crippen molar-refractivity contribution in [3.63, 3.8) is 0 Å². The van der Waals surface area contributed by atoms with Crippen molar-refractivity contribution >= 4 is 29.6 Å². The first kappa shape index (κ1) is 31.6. The molecule has 4 amide bonds. The first-order valence-electron chi connectivity index (χ1n) is 16.9. The smallest absolute Gasteiger partial charge is 0.320 e. The summed E-state index contributed by atoms with van der Waals surface area (Å²) >= 11 is 1.64. The van der Waals surface area contributed by atoms with Crippen LogP contribution in [0.3, 0.4) is 0 Å². The number of carbonyl (C=O) groups excluding carboxylic acids is 3. The maximum atomic E-state index is 16.6. The first-order chi connectivity index (χ1) is 21.7. The van der Waals surface area contributed by atoms with Gasteiger partial charge >= 0.3 is 6.03 Å². The summed E-state index contributed by atoms with van der Waals surface area (Å²) in [5.74, 6) is -0.512. The molecule has 0 radical (unpaired) electrons. The lowest BCUT2D eigenvalue weighted by Gasteiger charge is -2.59. The molecular weight excluding hydrogens is 602 g/mol. The minimum Gasteiger partial charge on any atom is -0.353 e. The van der Waals surface area contributed by atoms with Gasteiger partial charge in [0.25, 0.3) is 0 Å². The third-order valence-corrected chi connectivity index (χ3v) is 12.7. The van der Waals surface area contributed by atoms with Crippen molar-refractivity contribution in [2.75, 3.05) is 25.5 Å². The van der Waals surface area contributed by atoms with Crippen molar-refractivity contribution in [2.45, 2.75) is 119 Å². The number of rotatable bonds is 3. The van der Waals surface area contributed by atoms with E-state index in [2.05, 4.69) is 51.9 Å². The fourth-order valence-electron chi connectivity index (χ4n) is 9.32. The number of hydrogen-bond donors (Lipinski definition) is 5. The molecule has 7 rings (SSSR count). The summed E-state index contributed by atoms with van der Waals surface area (Å²) in [7, 11) is 0. The van der Waals surface area contributed by atoms with E-state index >= 15 is 8.78 Å². The van der Waals surface area contributed by atoms with E-state index in [1.165, 1.54) is 6.08 Å². The van der Waals surface area contributed by atoms with Crippen LogP contribution in [0.5, 0.6) is 0 Å². The molecule has 5 saturated heterocycles. The van der Waals surface area contributed by atoms with Crippen molar-refractivity contribution in [3.05, 3.63) is 12.7 Å². The summed E-state index contributed by atoms with van der Waals surface area (Å²) in [5, 5.41) is 16.9. The molecule has 5 N–H and O–H groups in total. The van der Waals surface area contributed by atoms with Crippen LogP contribution in [-0.4, -0.2) is 124 Å². The molecular formula is C31H48F2N8O3S. The number of alkyl halides is 2. The molecule has 5 aliphatic heterocycles. The number of amides is 4. The monoisotopic (exact) mass is 650 g/mol. The molecule has 7 fully saturated rings. The summed E-state index contributed by atoms with van der Waals surface area (Å²) in [6.07, 6.45) is 0.608. The zero-order chi connectivity index (χ0) is 31.6. The standard InChI is InChI=1S/C31H48F2N8O3S/c1-4-23(43)39-9-10-40(21-13-20(21)39)28-16-12-18(33)26-24-17(32)6-5-7-19(24)36-22(42)8-11-45-30-27(25(15(2)3)34-14-35-30)41(29(16)37-26)31(44)38-28/h4,15-21,24-30,34-35,37H,1,5-14H2,2-3H3,(H,36,42)(H,38,44)/t16?,17?,18?,19?,20?,21-,24?,25?,26?,27?,28?,29?,30?/m1/s1. The molecule has 250 valence electrons. The maximum absolute atomic E-state index is 16.6. The minimum absolute atomic E-state index is 0.0494. The number of piperazine rings is 1. The van der Waals surface area contributed by atoms with Gasteiger partial charge in [0.1, 0.15) is 12.3 Å². The van der Waals surface area contributed by atoms with Gasteiger partial charge in [-0.3, -0.25) is 30.4 Å². The van der Waals surface area contributed by atoms with E-state index in [0.29, 0.717) is 44.8 Å². The molecule has 2 bridgehead atoms. The summed E-state index contributed by atoms with van der Waals surface area (Å²) in [5.41, 5.74) is 0. The highest BCUT2D eigenvalue weighted by Crippen LogP contribution is 2.45. The van der Waals surface area contributed by atoms with E-state index in [0.717, 1.165) is 6.42 Å². The van der Waals surface area contributed by atoms with Crippen LogP contribution >= 0.6 is 11.8 Å². The summed E-state index contributed by atoms with van der Waals surface area (Å²) in [6, 6.07) is -1.74. The Morgan fingerprint density at radius 2 is 1.87 bits per heavy atom. The van der Waals surface area contributed by atoms with Gasteiger partial charge in [0.15, 0.2) is 0 Å². The second-order valence-electron chi connectivity index (χ2n) is 14.3. The molecule has 0 aromatic heterocycles. The highest BCUT2D eigenvalue weighted by Gasteiger charge is 2.60. The average Bonchev–Trinajstić information content (AvgIpc) is 3.81. The second kappa shape index (κ2) is 12.6. The zero-order valence-corrected chi connectivity index (χ0v) is 27.0. The summed E-state index contributed by atoms with van der Waals surface area (Å²) in [6.45, 7) is 9.58. The number of fused-ring (bicyclic) bond motifs is 6. The Labute approximate surface area is 268 Å². The van der Waals surface area contributed by atoms with E-state index in [-0.39, 0.29) is 72.1 Å². The van der Waals surface area contributed by atoms with Crippen LogP contribution in [0.25, 0.3) is 0 Å². The van der Waals surface area contributed by atoms with Crippen molar-refractivity contribution < 1.29 is 23.2 Å². The Bertz CT molecular complexity index is 1180. The quantitative estimate of drug-likeness (QED) is 0.288. The molecule has 7 aliphatic rings. The number of urea groups is 1. The van der Waals surface area contributed by atoms with Crippen LogP contribution in [0, 0.1) is 17.8 Å². The van der Waals surface area contributed by atoms with Crippen molar-refractivity contribution in [1.82, 2.24) is 41.3 Å². The third-order valence-electron chi connectivity index (χ3n) is 11.5. The van der Waals surface area contributed by atoms with Gasteiger partial charge in [0.05, 0.1) is 23.7 Å². The molecule has 5 heterocycles. The summed E-state index contributed by atoms with van der Waals surface area (Å²) in [4.78, 5) is 46.0. The molecule has 0 aromatic rings. The van der Waals surface area contributed by atoms with Gasteiger partial charge < -0.3 is 20.4 Å². The molecule has 12 unspecified atom stereocenters. The van der Waals surface area contributed by atoms with Crippen LogP contribution in [0.15, 0.2) is 12.7 Å². The van der Waals surface area contributed by atoms with Crippen LogP contribution in [0.4, 0.5) is 13.6 Å². The summed E-state index contributed by atoms with van der Waals surface area (Å²) < 4.78 is 32.5. The van der Waals surface area contributed by atoms with Crippen molar-refractivity contribution in [2.24, 2.45) is 17.8 Å². The van der Waals surface area contributed by atoms with Gasteiger partial charge in [0, 0.05) is 74.0 Å². The van der Waals surface area contributed by atoms with Crippen LogP contribution < -0.4 is 26.6 Å². The molecule has 14 heteroatoms. The Morgan fingerprint density at radius 3 is 2.64 bits per heavy atom. The van der Waals surface area contributed by atoms with Crippen molar-refractivity contribution in [3.8, 4) is 0 Å². The van der Waals surface area contributed by atoms with E-state index in [1.54, 1.807) is 11.8 Å². The molecule has 13 atom stereocenters. The lowest BCUT2D eigenvalue weighted by atomic mass is 9.72. The minimum atomic E-state index is -1.36. The normalized spacial score (nSPS) is 45.4. The van der Waals surface area contributed by atoms with E-state index in [9.17, 15) is 14.4 Å². The highest BCUT2D eigenvalue weighted by atomic mass is 32.2. The van der Waals surface area contributed by atoms with Gasteiger partial charge in [-0.1, -0.05) is 20.4 Å². The molecule has 2 aliphatic carbocycles. The predicted molar refractivity (Wildman–Crippen MR) is 167 cm³/mol. The molecule has 0 spiro atoms. The SMILES string of the molecule is C=CC(=O)N1CCN(C2NC(=O)N3C4NC(C(F)CC42)C2C(F)CCCC2NC(=O)CCSC2NCNC(C(C)C)C23)[C@@H]2CC21. The van der Waals surface area contributed by atoms with E-state index < -0.39 is 42.7 Å². The van der Waals surface area contributed by atoms with Gasteiger partial charge in [-0.2, -0.15) is 0 Å². The average molecular weight is 651 g/mol. The number of nitrogens with zero attached hydrogens (tertiary/aromatic N) is 3. The lowest BCUT2D eigenvalue weighted by Crippen LogP contribution is -2.81. The topological polar surface area (TPSA) is 121 Å². The Morgan fingerprint density at radius 1 is 1.04 bits per heavy atom. The highest BCUT2D eigenvalue weighted by molar-refractivity contribution is 7.99. The maximum Gasteiger partial charge on any atom is 0.320 e.